The molecule has 0 bridgehead atoms. The molecule has 1 atom stereocenters. The van der Waals surface area contributed by atoms with Gasteiger partial charge in [0.25, 0.3) is 0 Å². The highest BCUT2D eigenvalue weighted by atomic mass is 35.5. The molecule has 36 heavy (non-hydrogen) atoms. The third kappa shape index (κ3) is 5.92. The number of carbonyl (C=O) groups excluding carboxylic acids is 3. The number of ether oxygens (including phenoxy) is 1. The van der Waals surface area contributed by atoms with Crippen molar-refractivity contribution in [2.24, 2.45) is 5.92 Å². The van der Waals surface area contributed by atoms with Gasteiger partial charge in [-0.05, 0) is 61.5 Å². The van der Waals surface area contributed by atoms with Crippen molar-refractivity contribution in [2.45, 2.75) is 18.2 Å². The van der Waals surface area contributed by atoms with Crippen LogP contribution in [0.4, 0.5) is 5.69 Å². The SMILES string of the molecule is Cc1ccc(S(=O)(=O)Oc2ccc(C(=O)COC(=O)[C@@H]3CC(=O)N(c4cccc(Cl)c4)C3)cc2)cc1. The van der Waals surface area contributed by atoms with Crippen molar-refractivity contribution in [3.05, 3.63) is 88.9 Å². The smallest absolute Gasteiger partial charge is 0.339 e. The zero-order chi connectivity index (χ0) is 25.9. The van der Waals surface area contributed by atoms with Crippen molar-refractivity contribution in [1.82, 2.24) is 0 Å². The molecular formula is C26H22ClNO7S. The number of nitrogens with zero attached hydrogens (tertiary/aromatic N) is 1. The number of aryl methyl sites for hydroxylation is 1. The summed E-state index contributed by atoms with van der Waals surface area (Å²) in [6.07, 6.45) is -0.0268. The van der Waals surface area contributed by atoms with Crippen LogP contribution in [-0.4, -0.2) is 39.2 Å². The van der Waals surface area contributed by atoms with Gasteiger partial charge >= 0.3 is 16.1 Å². The second-order valence-electron chi connectivity index (χ2n) is 8.29. The zero-order valence-electron chi connectivity index (χ0n) is 19.2. The van der Waals surface area contributed by atoms with Crippen LogP contribution in [0.1, 0.15) is 22.3 Å². The molecule has 4 rings (SSSR count). The number of esters is 1. The second-order valence-corrected chi connectivity index (χ2v) is 10.3. The Hall–Kier alpha value is -3.69. The van der Waals surface area contributed by atoms with E-state index in [0.29, 0.717) is 10.7 Å². The van der Waals surface area contributed by atoms with E-state index in [2.05, 4.69) is 0 Å². The molecule has 0 spiro atoms. The Balaban J connectivity index is 1.31. The third-order valence-electron chi connectivity index (χ3n) is 5.62. The zero-order valence-corrected chi connectivity index (χ0v) is 20.8. The summed E-state index contributed by atoms with van der Waals surface area (Å²) in [5.41, 5.74) is 1.71. The van der Waals surface area contributed by atoms with Gasteiger partial charge in [0, 0.05) is 29.2 Å². The molecule has 0 unspecified atom stereocenters. The van der Waals surface area contributed by atoms with Crippen LogP contribution in [0.5, 0.6) is 5.75 Å². The minimum absolute atomic E-state index is 0.0134. The van der Waals surface area contributed by atoms with Crippen LogP contribution in [-0.2, 0) is 24.4 Å². The average molecular weight is 528 g/mol. The fourth-order valence-electron chi connectivity index (χ4n) is 3.67. The topological polar surface area (TPSA) is 107 Å². The van der Waals surface area contributed by atoms with Crippen molar-refractivity contribution in [3.63, 3.8) is 0 Å². The highest BCUT2D eigenvalue weighted by molar-refractivity contribution is 7.87. The maximum Gasteiger partial charge on any atom is 0.339 e. The van der Waals surface area contributed by atoms with Gasteiger partial charge in [0.05, 0.1) is 5.92 Å². The number of ketones is 1. The van der Waals surface area contributed by atoms with E-state index in [1.54, 1.807) is 36.4 Å². The molecule has 1 heterocycles. The van der Waals surface area contributed by atoms with Gasteiger partial charge in [0.2, 0.25) is 5.91 Å². The Morgan fingerprint density at radius 3 is 2.39 bits per heavy atom. The Morgan fingerprint density at radius 2 is 1.72 bits per heavy atom. The molecule has 0 saturated carbocycles. The molecule has 0 aromatic heterocycles. The molecule has 1 saturated heterocycles. The summed E-state index contributed by atoms with van der Waals surface area (Å²) in [5.74, 6) is -2.03. The predicted molar refractivity (Wildman–Crippen MR) is 133 cm³/mol. The molecule has 1 amide bonds. The molecule has 0 aliphatic carbocycles. The van der Waals surface area contributed by atoms with E-state index in [1.807, 2.05) is 6.92 Å². The average Bonchev–Trinajstić information content (AvgIpc) is 3.24. The van der Waals surface area contributed by atoms with E-state index in [-0.39, 0.29) is 35.1 Å². The summed E-state index contributed by atoms with van der Waals surface area (Å²) >= 11 is 5.98. The van der Waals surface area contributed by atoms with Gasteiger partial charge in [0.1, 0.15) is 10.6 Å². The molecule has 1 fully saturated rings. The largest absolute Gasteiger partial charge is 0.457 e. The number of hydrogen-bond acceptors (Lipinski definition) is 7. The lowest BCUT2D eigenvalue weighted by molar-refractivity contribution is -0.147. The molecule has 10 heteroatoms. The standard InChI is InChI=1S/C26H22ClNO7S/c1-17-5-11-23(12-6-17)36(32,33)35-22-9-7-18(8-10-22)24(29)16-34-26(31)19-13-25(30)28(15-19)21-4-2-3-20(27)14-21/h2-12,14,19H,13,15-16H2,1H3/t19-/m1/s1. The number of anilines is 1. The summed E-state index contributed by atoms with van der Waals surface area (Å²) < 4.78 is 35.1. The summed E-state index contributed by atoms with van der Waals surface area (Å²) in [5, 5.41) is 0.473. The van der Waals surface area contributed by atoms with Gasteiger partial charge in [-0.3, -0.25) is 14.4 Å². The Morgan fingerprint density at radius 1 is 1.03 bits per heavy atom. The fraction of sp³-hybridized carbons (Fsp3) is 0.192. The molecule has 0 N–H and O–H groups in total. The Labute approximate surface area is 213 Å². The second kappa shape index (κ2) is 10.5. The minimum atomic E-state index is -4.02. The third-order valence-corrected chi connectivity index (χ3v) is 7.11. The normalized spacial score (nSPS) is 15.6. The highest BCUT2D eigenvalue weighted by Crippen LogP contribution is 2.28. The molecule has 3 aromatic carbocycles. The first-order valence-electron chi connectivity index (χ1n) is 11.0. The molecule has 1 aliphatic rings. The quantitative estimate of drug-likeness (QED) is 0.245. The lowest BCUT2D eigenvalue weighted by atomic mass is 10.1. The van der Waals surface area contributed by atoms with Crippen molar-refractivity contribution in [2.75, 3.05) is 18.1 Å². The van der Waals surface area contributed by atoms with Crippen molar-refractivity contribution in [1.29, 1.82) is 0 Å². The van der Waals surface area contributed by atoms with E-state index in [4.69, 9.17) is 20.5 Å². The first-order valence-corrected chi connectivity index (χ1v) is 12.8. The first-order chi connectivity index (χ1) is 17.1. The van der Waals surface area contributed by atoms with Gasteiger partial charge in [-0.25, -0.2) is 0 Å². The number of hydrogen-bond donors (Lipinski definition) is 0. The lowest BCUT2D eigenvalue weighted by Gasteiger charge is -2.16. The first kappa shape index (κ1) is 25.4. The maximum absolute atomic E-state index is 12.5. The van der Waals surface area contributed by atoms with Crippen LogP contribution in [0.25, 0.3) is 0 Å². The number of amides is 1. The Bertz CT molecular complexity index is 1400. The van der Waals surface area contributed by atoms with Crippen LogP contribution in [0, 0.1) is 12.8 Å². The summed E-state index contributed by atoms with van der Waals surface area (Å²) in [6.45, 7) is 1.46. The van der Waals surface area contributed by atoms with Gasteiger partial charge in [-0.15, -0.1) is 0 Å². The van der Waals surface area contributed by atoms with Crippen LogP contribution >= 0.6 is 11.6 Å². The van der Waals surface area contributed by atoms with Crippen LogP contribution in [0.2, 0.25) is 5.02 Å². The lowest BCUT2D eigenvalue weighted by Crippen LogP contribution is -2.27. The van der Waals surface area contributed by atoms with Crippen LogP contribution in [0.15, 0.2) is 77.7 Å². The predicted octanol–water partition coefficient (Wildman–Crippen LogP) is 4.20. The number of carbonyl (C=O) groups is 3. The highest BCUT2D eigenvalue weighted by Gasteiger charge is 2.36. The molecule has 3 aromatic rings. The monoisotopic (exact) mass is 527 g/mol. The molecular weight excluding hydrogens is 506 g/mol. The molecule has 0 radical (unpaired) electrons. The number of benzene rings is 3. The minimum Gasteiger partial charge on any atom is -0.457 e. The van der Waals surface area contributed by atoms with E-state index >= 15 is 0 Å². The molecule has 186 valence electrons. The van der Waals surface area contributed by atoms with Crippen LogP contribution in [0.3, 0.4) is 0 Å². The van der Waals surface area contributed by atoms with Gasteiger partial charge in [-0.1, -0.05) is 35.4 Å². The summed E-state index contributed by atoms with van der Waals surface area (Å²) in [7, 11) is -4.02. The van der Waals surface area contributed by atoms with Gasteiger partial charge in [-0.2, -0.15) is 8.42 Å². The van der Waals surface area contributed by atoms with Gasteiger partial charge in [0.15, 0.2) is 12.4 Å². The van der Waals surface area contributed by atoms with E-state index in [0.717, 1.165) is 5.56 Å². The van der Waals surface area contributed by atoms with Crippen molar-refractivity contribution in [3.8, 4) is 5.75 Å². The van der Waals surface area contributed by atoms with Gasteiger partial charge < -0.3 is 13.8 Å². The van der Waals surface area contributed by atoms with Crippen molar-refractivity contribution >= 4 is 45.1 Å². The number of halogens is 1. The summed E-state index contributed by atoms with van der Waals surface area (Å²) in [4.78, 5) is 38.8. The summed E-state index contributed by atoms with van der Waals surface area (Å²) in [6, 6.07) is 18.4. The number of Topliss-reactive ketones (excluding diaryl/α,β-unsaturated/α-hetero) is 1. The maximum atomic E-state index is 12.5. The van der Waals surface area contributed by atoms with E-state index in [1.165, 1.54) is 41.3 Å². The van der Waals surface area contributed by atoms with Crippen molar-refractivity contribution < 1.29 is 31.7 Å². The Kier molecular flexibility index (Phi) is 7.42. The molecule has 8 nitrogen and oxygen atoms in total. The molecule has 1 aliphatic heterocycles. The van der Waals surface area contributed by atoms with E-state index < -0.39 is 34.4 Å². The van der Waals surface area contributed by atoms with Crippen LogP contribution < -0.4 is 9.08 Å². The van der Waals surface area contributed by atoms with E-state index in [9.17, 15) is 22.8 Å². The fourth-order valence-corrected chi connectivity index (χ4v) is 4.79. The number of rotatable bonds is 8.